The molecule has 0 aromatic heterocycles. The third-order valence-corrected chi connectivity index (χ3v) is 3.98. The Balaban J connectivity index is 1.78. The van der Waals surface area contributed by atoms with Crippen LogP contribution in [-0.4, -0.2) is 13.2 Å². The Labute approximate surface area is 125 Å². The van der Waals surface area contributed by atoms with Gasteiger partial charge in [-0.1, -0.05) is 32.8 Å². The molecule has 2 rings (SSSR count). The molecule has 1 saturated carbocycles. The molecule has 1 aromatic rings. The summed E-state index contributed by atoms with van der Waals surface area (Å²) >= 11 is 3.60. The van der Waals surface area contributed by atoms with Crippen molar-refractivity contribution in [3.8, 4) is 5.75 Å². The molecule has 1 aliphatic carbocycles. The molecule has 0 amide bonds. The van der Waals surface area contributed by atoms with Crippen molar-refractivity contribution in [2.24, 2.45) is 11.8 Å². The first-order valence-electron chi connectivity index (χ1n) is 7.27. The van der Waals surface area contributed by atoms with Crippen LogP contribution in [0.1, 0.15) is 38.7 Å². The highest BCUT2D eigenvalue weighted by Gasteiger charge is 2.20. The summed E-state index contributed by atoms with van der Waals surface area (Å²) in [7, 11) is 0. The van der Waals surface area contributed by atoms with Crippen LogP contribution < -0.4 is 10.1 Å². The molecule has 0 atom stereocenters. The van der Waals surface area contributed by atoms with Gasteiger partial charge in [0.05, 0.1) is 11.1 Å². The number of hydrogen-bond donors (Lipinski definition) is 1. The number of rotatable bonds is 8. The molecule has 0 aliphatic heterocycles. The molecule has 19 heavy (non-hydrogen) atoms. The van der Waals surface area contributed by atoms with E-state index in [0.29, 0.717) is 5.92 Å². The smallest absolute Gasteiger partial charge is 0.133 e. The Kier molecular flexibility index (Phi) is 5.71. The minimum Gasteiger partial charge on any atom is -0.492 e. The second kappa shape index (κ2) is 7.30. The van der Waals surface area contributed by atoms with Crippen LogP contribution in [0.4, 0.5) is 0 Å². The predicted molar refractivity (Wildman–Crippen MR) is 83.5 cm³/mol. The van der Waals surface area contributed by atoms with Crippen LogP contribution in [0.15, 0.2) is 22.7 Å². The zero-order valence-electron chi connectivity index (χ0n) is 11.9. The molecule has 3 heteroatoms. The summed E-state index contributed by atoms with van der Waals surface area (Å²) in [5.41, 5.74) is 1.29. The van der Waals surface area contributed by atoms with Gasteiger partial charge in [-0.25, -0.2) is 0 Å². The molecular weight excluding hydrogens is 302 g/mol. The van der Waals surface area contributed by atoms with Gasteiger partial charge >= 0.3 is 0 Å². The summed E-state index contributed by atoms with van der Waals surface area (Å²) in [6.07, 6.45) is 3.99. The lowest BCUT2D eigenvalue weighted by atomic mass is 10.2. The van der Waals surface area contributed by atoms with Crippen molar-refractivity contribution in [1.29, 1.82) is 0 Å². The fourth-order valence-electron chi connectivity index (χ4n) is 2.02. The molecule has 2 nitrogen and oxygen atoms in total. The Morgan fingerprint density at radius 1 is 1.37 bits per heavy atom. The van der Waals surface area contributed by atoms with Crippen molar-refractivity contribution >= 4 is 15.9 Å². The fourth-order valence-corrected chi connectivity index (χ4v) is 2.56. The van der Waals surface area contributed by atoms with Crippen molar-refractivity contribution in [3.63, 3.8) is 0 Å². The lowest BCUT2D eigenvalue weighted by Gasteiger charge is -2.11. The van der Waals surface area contributed by atoms with Crippen LogP contribution in [0.3, 0.4) is 0 Å². The lowest BCUT2D eigenvalue weighted by molar-refractivity contribution is 0.300. The minimum atomic E-state index is 0.688. The summed E-state index contributed by atoms with van der Waals surface area (Å²) in [5, 5.41) is 3.45. The standard InChI is InChI=1S/C16H24BrNO/c1-12(2)10-18-11-14-5-6-16(15(17)9-14)19-8-7-13-3-4-13/h5-6,9,12-13,18H,3-4,7-8,10-11H2,1-2H3. The van der Waals surface area contributed by atoms with Gasteiger partial charge in [0.15, 0.2) is 0 Å². The van der Waals surface area contributed by atoms with Gasteiger partial charge in [0, 0.05) is 6.54 Å². The Morgan fingerprint density at radius 2 is 2.16 bits per heavy atom. The third-order valence-electron chi connectivity index (χ3n) is 3.36. The molecule has 0 heterocycles. The largest absolute Gasteiger partial charge is 0.492 e. The summed E-state index contributed by atoms with van der Waals surface area (Å²) in [5.74, 6) is 2.58. The van der Waals surface area contributed by atoms with E-state index in [1.807, 2.05) is 0 Å². The van der Waals surface area contributed by atoms with Crippen LogP contribution in [0.2, 0.25) is 0 Å². The topological polar surface area (TPSA) is 21.3 Å². The van der Waals surface area contributed by atoms with Crippen LogP contribution in [0.25, 0.3) is 0 Å². The zero-order valence-corrected chi connectivity index (χ0v) is 13.5. The van der Waals surface area contributed by atoms with E-state index in [1.54, 1.807) is 0 Å². The Bertz CT molecular complexity index is 402. The molecule has 0 spiro atoms. The predicted octanol–water partition coefficient (Wildman–Crippen LogP) is 4.37. The number of halogens is 1. The van der Waals surface area contributed by atoms with E-state index in [1.165, 1.54) is 24.8 Å². The quantitative estimate of drug-likeness (QED) is 0.766. The van der Waals surface area contributed by atoms with Crippen molar-refractivity contribution < 1.29 is 4.74 Å². The second-order valence-electron chi connectivity index (χ2n) is 5.87. The summed E-state index contributed by atoms with van der Waals surface area (Å²) in [6.45, 7) is 7.25. The van der Waals surface area contributed by atoms with Crippen molar-refractivity contribution in [2.45, 2.75) is 39.7 Å². The number of ether oxygens (including phenoxy) is 1. The van der Waals surface area contributed by atoms with Crippen LogP contribution in [0, 0.1) is 11.8 Å². The first kappa shape index (κ1) is 14.9. The van der Waals surface area contributed by atoms with Gasteiger partial charge in [-0.2, -0.15) is 0 Å². The van der Waals surface area contributed by atoms with Crippen LogP contribution in [0.5, 0.6) is 5.75 Å². The van der Waals surface area contributed by atoms with Gasteiger partial charge < -0.3 is 10.1 Å². The third kappa shape index (κ3) is 5.53. The average Bonchev–Trinajstić information content (AvgIpc) is 3.15. The van der Waals surface area contributed by atoms with Gasteiger partial charge in [0.2, 0.25) is 0 Å². The summed E-state index contributed by atoms with van der Waals surface area (Å²) < 4.78 is 6.88. The summed E-state index contributed by atoms with van der Waals surface area (Å²) in [6, 6.07) is 6.37. The molecular formula is C16H24BrNO. The molecule has 0 saturated heterocycles. The maximum atomic E-state index is 5.82. The SMILES string of the molecule is CC(C)CNCc1ccc(OCCC2CC2)c(Br)c1. The normalized spacial score (nSPS) is 14.9. The molecule has 0 radical (unpaired) electrons. The molecule has 0 unspecified atom stereocenters. The van der Waals surface area contributed by atoms with E-state index in [4.69, 9.17) is 4.74 Å². The van der Waals surface area contributed by atoms with Gasteiger partial charge in [-0.3, -0.25) is 0 Å². The maximum absolute atomic E-state index is 5.82. The van der Waals surface area contributed by atoms with Crippen molar-refractivity contribution in [3.05, 3.63) is 28.2 Å². The van der Waals surface area contributed by atoms with Gasteiger partial charge in [-0.15, -0.1) is 0 Å². The highest BCUT2D eigenvalue weighted by Crippen LogP contribution is 2.33. The molecule has 1 fully saturated rings. The van der Waals surface area contributed by atoms with E-state index < -0.39 is 0 Å². The van der Waals surface area contributed by atoms with E-state index >= 15 is 0 Å². The van der Waals surface area contributed by atoms with E-state index in [0.717, 1.165) is 35.8 Å². The number of hydrogen-bond acceptors (Lipinski definition) is 2. The lowest BCUT2D eigenvalue weighted by Crippen LogP contribution is -2.18. The number of nitrogens with one attached hydrogen (secondary N) is 1. The van der Waals surface area contributed by atoms with Crippen LogP contribution in [-0.2, 0) is 6.54 Å². The van der Waals surface area contributed by atoms with Crippen molar-refractivity contribution in [1.82, 2.24) is 5.32 Å². The Morgan fingerprint density at radius 3 is 2.79 bits per heavy atom. The highest BCUT2D eigenvalue weighted by atomic mass is 79.9. The molecule has 1 aliphatic rings. The van der Waals surface area contributed by atoms with E-state index in [9.17, 15) is 0 Å². The zero-order chi connectivity index (χ0) is 13.7. The van der Waals surface area contributed by atoms with E-state index in [-0.39, 0.29) is 0 Å². The molecule has 0 bridgehead atoms. The Hall–Kier alpha value is -0.540. The van der Waals surface area contributed by atoms with Crippen LogP contribution >= 0.6 is 15.9 Å². The molecule has 1 aromatic carbocycles. The monoisotopic (exact) mass is 325 g/mol. The van der Waals surface area contributed by atoms with Gasteiger partial charge in [0.1, 0.15) is 5.75 Å². The first-order chi connectivity index (χ1) is 9.15. The second-order valence-corrected chi connectivity index (χ2v) is 6.72. The fraction of sp³-hybridized carbons (Fsp3) is 0.625. The summed E-state index contributed by atoms with van der Waals surface area (Å²) in [4.78, 5) is 0. The van der Waals surface area contributed by atoms with Gasteiger partial charge in [0.25, 0.3) is 0 Å². The first-order valence-corrected chi connectivity index (χ1v) is 8.06. The number of benzene rings is 1. The van der Waals surface area contributed by atoms with Gasteiger partial charge in [-0.05, 0) is 58.4 Å². The molecule has 106 valence electrons. The van der Waals surface area contributed by atoms with Crippen molar-refractivity contribution in [2.75, 3.05) is 13.2 Å². The minimum absolute atomic E-state index is 0.688. The molecule has 1 N–H and O–H groups in total. The highest BCUT2D eigenvalue weighted by molar-refractivity contribution is 9.10. The average molecular weight is 326 g/mol. The van der Waals surface area contributed by atoms with E-state index in [2.05, 4.69) is 53.3 Å². The maximum Gasteiger partial charge on any atom is 0.133 e.